The number of thioether (sulfide) groups is 1. The van der Waals surface area contributed by atoms with Gasteiger partial charge in [0.25, 0.3) is 0 Å². The molecule has 2 N–H and O–H groups in total. The van der Waals surface area contributed by atoms with Gasteiger partial charge in [-0.05, 0) is 49.4 Å². The Hall–Kier alpha value is 0.01000. The molecule has 0 aliphatic carbocycles. The Morgan fingerprint density at radius 2 is 1.85 bits per heavy atom. The predicted octanol–water partition coefficient (Wildman–Crippen LogP) is 3.28. The van der Waals surface area contributed by atoms with Crippen molar-refractivity contribution in [1.82, 2.24) is 0 Å². The molecule has 0 amide bonds. The summed E-state index contributed by atoms with van der Waals surface area (Å²) in [5.74, 6) is 1.17. The zero-order chi connectivity index (χ0) is 9.52. The van der Waals surface area contributed by atoms with Crippen molar-refractivity contribution in [3.8, 4) is 0 Å². The molecule has 0 bridgehead atoms. The van der Waals surface area contributed by atoms with Crippen LogP contribution >= 0.6 is 27.7 Å². The van der Waals surface area contributed by atoms with E-state index in [2.05, 4.69) is 40.2 Å². The van der Waals surface area contributed by atoms with Crippen molar-refractivity contribution in [3.63, 3.8) is 0 Å². The summed E-state index contributed by atoms with van der Waals surface area (Å²) >= 11 is 5.31. The number of rotatable bonds is 5. The molecule has 0 aliphatic heterocycles. The Morgan fingerprint density at radius 1 is 1.15 bits per heavy atom. The van der Waals surface area contributed by atoms with Crippen LogP contribution in [0.4, 0.5) is 0 Å². The molecule has 0 spiro atoms. The zero-order valence-electron chi connectivity index (χ0n) is 7.50. The molecule has 72 valence electrons. The first-order chi connectivity index (χ1) is 6.33. The monoisotopic (exact) mass is 259 g/mol. The molecule has 0 aromatic heterocycles. The number of nitrogens with two attached hydrogens (primary N) is 1. The van der Waals surface area contributed by atoms with Gasteiger partial charge in [-0.25, -0.2) is 0 Å². The highest BCUT2D eigenvalue weighted by Crippen LogP contribution is 2.21. The van der Waals surface area contributed by atoms with E-state index >= 15 is 0 Å². The Kier molecular flexibility index (Phi) is 5.51. The van der Waals surface area contributed by atoms with Crippen LogP contribution in [0.3, 0.4) is 0 Å². The van der Waals surface area contributed by atoms with E-state index in [0.717, 1.165) is 17.4 Å². The molecule has 0 fully saturated rings. The highest BCUT2D eigenvalue weighted by Gasteiger charge is 1.93. The minimum atomic E-state index is 0.806. The van der Waals surface area contributed by atoms with E-state index in [1.54, 1.807) is 0 Å². The van der Waals surface area contributed by atoms with Gasteiger partial charge in [0.2, 0.25) is 0 Å². The fraction of sp³-hybridized carbons (Fsp3) is 0.400. The van der Waals surface area contributed by atoms with E-state index in [1.807, 2.05) is 11.8 Å². The molecular formula is C10H14BrNS. The SMILES string of the molecule is NCCCCSc1ccc(Br)cc1. The molecule has 1 aromatic carbocycles. The number of unbranched alkanes of at least 4 members (excludes halogenated alkanes) is 1. The van der Waals surface area contributed by atoms with Crippen molar-refractivity contribution >= 4 is 27.7 Å². The lowest BCUT2D eigenvalue weighted by molar-refractivity contribution is 0.814. The lowest BCUT2D eigenvalue weighted by Gasteiger charge is -2.00. The van der Waals surface area contributed by atoms with Gasteiger partial charge in [0.05, 0.1) is 0 Å². The normalized spacial score (nSPS) is 10.3. The first-order valence-corrected chi connectivity index (χ1v) is 6.19. The van der Waals surface area contributed by atoms with E-state index in [9.17, 15) is 0 Å². The zero-order valence-corrected chi connectivity index (χ0v) is 9.90. The third kappa shape index (κ3) is 4.69. The second kappa shape index (κ2) is 6.46. The van der Waals surface area contributed by atoms with Crippen LogP contribution in [0.15, 0.2) is 33.6 Å². The van der Waals surface area contributed by atoms with E-state index in [0.29, 0.717) is 0 Å². The van der Waals surface area contributed by atoms with Crippen LogP contribution in [0.2, 0.25) is 0 Å². The maximum atomic E-state index is 5.41. The quantitative estimate of drug-likeness (QED) is 0.649. The molecule has 0 radical (unpaired) electrons. The fourth-order valence-corrected chi connectivity index (χ4v) is 2.14. The Bertz CT molecular complexity index is 235. The number of hydrogen-bond acceptors (Lipinski definition) is 2. The second-order valence-electron chi connectivity index (χ2n) is 2.80. The molecule has 1 aromatic rings. The first-order valence-electron chi connectivity index (χ1n) is 4.41. The van der Waals surface area contributed by atoms with E-state index < -0.39 is 0 Å². The topological polar surface area (TPSA) is 26.0 Å². The maximum Gasteiger partial charge on any atom is 0.0176 e. The van der Waals surface area contributed by atoms with Crippen LogP contribution in [0.25, 0.3) is 0 Å². The lowest BCUT2D eigenvalue weighted by atomic mass is 10.3. The van der Waals surface area contributed by atoms with Crippen molar-refractivity contribution < 1.29 is 0 Å². The van der Waals surface area contributed by atoms with Crippen LogP contribution in [-0.2, 0) is 0 Å². The van der Waals surface area contributed by atoms with Gasteiger partial charge in [-0.15, -0.1) is 11.8 Å². The molecular weight excluding hydrogens is 246 g/mol. The molecule has 0 aliphatic rings. The van der Waals surface area contributed by atoms with E-state index in [4.69, 9.17) is 5.73 Å². The molecule has 0 saturated heterocycles. The highest BCUT2D eigenvalue weighted by molar-refractivity contribution is 9.10. The van der Waals surface area contributed by atoms with Gasteiger partial charge in [-0.1, -0.05) is 15.9 Å². The maximum absolute atomic E-state index is 5.41. The average molecular weight is 260 g/mol. The van der Waals surface area contributed by atoms with Gasteiger partial charge >= 0.3 is 0 Å². The van der Waals surface area contributed by atoms with Crippen LogP contribution in [0.5, 0.6) is 0 Å². The van der Waals surface area contributed by atoms with E-state index in [-0.39, 0.29) is 0 Å². The second-order valence-corrected chi connectivity index (χ2v) is 4.88. The largest absolute Gasteiger partial charge is 0.330 e. The molecule has 0 heterocycles. The Labute approximate surface area is 92.2 Å². The summed E-state index contributed by atoms with van der Waals surface area (Å²) in [6.07, 6.45) is 2.33. The molecule has 0 atom stereocenters. The third-order valence-electron chi connectivity index (χ3n) is 1.68. The number of benzene rings is 1. The molecule has 1 rings (SSSR count). The number of halogens is 1. The van der Waals surface area contributed by atoms with Crippen molar-refractivity contribution in [2.24, 2.45) is 5.73 Å². The average Bonchev–Trinajstić information content (AvgIpc) is 2.15. The van der Waals surface area contributed by atoms with Gasteiger partial charge < -0.3 is 5.73 Å². The van der Waals surface area contributed by atoms with Crippen LogP contribution in [-0.4, -0.2) is 12.3 Å². The standard InChI is InChI=1S/C10H14BrNS/c11-9-3-5-10(6-4-9)13-8-2-1-7-12/h3-6H,1-2,7-8,12H2. The summed E-state index contributed by atoms with van der Waals surface area (Å²) < 4.78 is 1.14. The van der Waals surface area contributed by atoms with Crippen molar-refractivity contribution in [3.05, 3.63) is 28.7 Å². The molecule has 3 heteroatoms. The fourth-order valence-electron chi connectivity index (χ4n) is 0.967. The summed E-state index contributed by atoms with van der Waals surface area (Å²) in [5, 5.41) is 0. The summed E-state index contributed by atoms with van der Waals surface area (Å²) in [6.45, 7) is 0.806. The number of hydrogen-bond donors (Lipinski definition) is 1. The minimum Gasteiger partial charge on any atom is -0.330 e. The van der Waals surface area contributed by atoms with E-state index in [1.165, 1.54) is 17.1 Å². The van der Waals surface area contributed by atoms with Crippen LogP contribution in [0, 0.1) is 0 Å². The van der Waals surface area contributed by atoms with Gasteiger partial charge in [-0.2, -0.15) is 0 Å². The van der Waals surface area contributed by atoms with Gasteiger partial charge in [0.1, 0.15) is 0 Å². The molecule has 13 heavy (non-hydrogen) atoms. The third-order valence-corrected chi connectivity index (χ3v) is 3.31. The van der Waals surface area contributed by atoms with Crippen LogP contribution < -0.4 is 5.73 Å². The van der Waals surface area contributed by atoms with Crippen LogP contribution in [0.1, 0.15) is 12.8 Å². The van der Waals surface area contributed by atoms with Gasteiger partial charge in [0, 0.05) is 9.37 Å². The minimum absolute atomic E-state index is 0.806. The first kappa shape index (κ1) is 11.1. The molecule has 0 saturated carbocycles. The Morgan fingerprint density at radius 3 is 2.46 bits per heavy atom. The van der Waals surface area contributed by atoms with Crippen molar-refractivity contribution in [2.75, 3.05) is 12.3 Å². The highest BCUT2D eigenvalue weighted by atomic mass is 79.9. The lowest BCUT2D eigenvalue weighted by Crippen LogP contribution is -1.98. The van der Waals surface area contributed by atoms with Gasteiger partial charge in [-0.3, -0.25) is 0 Å². The summed E-state index contributed by atoms with van der Waals surface area (Å²) in [6, 6.07) is 8.42. The summed E-state index contributed by atoms with van der Waals surface area (Å²) in [4.78, 5) is 1.33. The van der Waals surface area contributed by atoms with Crippen molar-refractivity contribution in [1.29, 1.82) is 0 Å². The smallest absolute Gasteiger partial charge is 0.0176 e. The van der Waals surface area contributed by atoms with Crippen molar-refractivity contribution in [2.45, 2.75) is 17.7 Å². The Balaban J connectivity index is 2.25. The molecule has 1 nitrogen and oxygen atoms in total. The predicted molar refractivity (Wildman–Crippen MR) is 63.2 cm³/mol. The summed E-state index contributed by atoms with van der Waals surface area (Å²) in [7, 11) is 0. The summed E-state index contributed by atoms with van der Waals surface area (Å²) in [5.41, 5.74) is 5.41. The van der Waals surface area contributed by atoms with Gasteiger partial charge in [0.15, 0.2) is 0 Å². The molecule has 0 unspecified atom stereocenters.